The Labute approximate surface area is 125 Å². The summed E-state index contributed by atoms with van der Waals surface area (Å²) in [6, 6.07) is 4.15. The van der Waals surface area contributed by atoms with Gasteiger partial charge in [0, 0.05) is 35.7 Å². The van der Waals surface area contributed by atoms with Crippen molar-refractivity contribution >= 4 is 27.5 Å². The van der Waals surface area contributed by atoms with Gasteiger partial charge in [0.2, 0.25) is 0 Å². The molecule has 0 bridgehead atoms. The number of likely N-dealkylation sites (tertiary alicyclic amines) is 1. The van der Waals surface area contributed by atoms with E-state index in [-0.39, 0.29) is 17.6 Å². The molecule has 20 heavy (non-hydrogen) atoms. The number of nitrogens with zero attached hydrogens (tertiary/aromatic N) is 2. The number of benzene rings is 1. The zero-order valence-electron chi connectivity index (χ0n) is 11.1. The Kier molecular flexibility index (Phi) is 4.39. The lowest BCUT2D eigenvalue weighted by molar-refractivity contribution is -0.384. The van der Waals surface area contributed by atoms with Crippen LogP contribution in [0.25, 0.3) is 0 Å². The Morgan fingerprint density at radius 2 is 2.20 bits per heavy atom. The number of carbonyl (C=O) groups excluding carboxylic acids is 1. The first-order chi connectivity index (χ1) is 9.38. The van der Waals surface area contributed by atoms with Gasteiger partial charge in [0.1, 0.15) is 0 Å². The molecule has 1 aliphatic rings. The van der Waals surface area contributed by atoms with Gasteiger partial charge in [-0.2, -0.15) is 0 Å². The average Bonchev–Trinajstić information content (AvgIpc) is 2.37. The second kappa shape index (κ2) is 5.88. The molecule has 0 saturated carbocycles. The van der Waals surface area contributed by atoms with Crippen molar-refractivity contribution in [3.05, 3.63) is 38.3 Å². The van der Waals surface area contributed by atoms with Gasteiger partial charge in [-0.15, -0.1) is 0 Å². The van der Waals surface area contributed by atoms with Gasteiger partial charge in [-0.3, -0.25) is 14.9 Å². The highest BCUT2D eigenvalue weighted by atomic mass is 79.9. The maximum absolute atomic E-state index is 12.5. The van der Waals surface area contributed by atoms with Crippen molar-refractivity contribution in [1.29, 1.82) is 0 Å². The second-order valence-corrected chi connectivity index (χ2v) is 6.09. The van der Waals surface area contributed by atoms with E-state index >= 15 is 0 Å². The number of nitrogens with two attached hydrogens (primary N) is 1. The molecule has 6 nitrogen and oxygen atoms in total. The lowest BCUT2D eigenvalue weighted by Gasteiger charge is -2.35. The highest BCUT2D eigenvalue weighted by Crippen LogP contribution is 2.25. The zero-order chi connectivity index (χ0) is 14.9. The van der Waals surface area contributed by atoms with E-state index in [9.17, 15) is 14.9 Å². The van der Waals surface area contributed by atoms with E-state index in [2.05, 4.69) is 15.9 Å². The molecule has 1 aromatic carbocycles. The molecular formula is C13H16BrN3O3. The zero-order valence-corrected chi connectivity index (χ0v) is 12.7. The van der Waals surface area contributed by atoms with Crippen molar-refractivity contribution in [2.45, 2.75) is 19.4 Å². The van der Waals surface area contributed by atoms with Crippen LogP contribution in [-0.4, -0.2) is 34.9 Å². The molecule has 1 aliphatic heterocycles. The minimum atomic E-state index is -0.506. The lowest BCUT2D eigenvalue weighted by atomic mass is 9.96. The largest absolute Gasteiger partial charge is 0.337 e. The number of carbonyl (C=O) groups is 1. The molecule has 7 heteroatoms. The number of rotatable bonds is 2. The Hall–Kier alpha value is -1.47. The van der Waals surface area contributed by atoms with Gasteiger partial charge in [-0.25, -0.2) is 0 Å². The summed E-state index contributed by atoms with van der Waals surface area (Å²) in [5.74, 6) is 0.114. The van der Waals surface area contributed by atoms with Gasteiger partial charge in [-0.1, -0.05) is 6.92 Å². The first kappa shape index (κ1) is 14.9. The monoisotopic (exact) mass is 341 g/mol. The van der Waals surface area contributed by atoms with Gasteiger partial charge in [-0.05, 0) is 34.3 Å². The first-order valence-electron chi connectivity index (χ1n) is 6.37. The van der Waals surface area contributed by atoms with Crippen molar-refractivity contribution in [2.24, 2.45) is 11.7 Å². The summed E-state index contributed by atoms with van der Waals surface area (Å²) in [7, 11) is 0. The molecular weight excluding hydrogens is 326 g/mol. The van der Waals surface area contributed by atoms with E-state index in [1.165, 1.54) is 18.2 Å². The molecule has 108 valence electrons. The predicted molar refractivity (Wildman–Crippen MR) is 78.5 cm³/mol. The summed E-state index contributed by atoms with van der Waals surface area (Å²) in [4.78, 5) is 24.5. The third-order valence-electron chi connectivity index (χ3n) is 3.37. The molecule has 1 fully saturated rings. The van der Waals surface area contributed by atoms with Crippen LogP contribution in [0.3, 0.4) is 0 Å². The first-order valence-corrected chi connectivity index (χ1v) is 7.16. The number of piperidine rings is 1. The molecule has 1 aromatic rings. The van der Waals surface area contributed by atoms with Crippen LogP contribution in [0.4, 0.5) is 5.69 Å². The van der Waals surface area contributed by atoms with Crippen LogP contribution < -0.4 is 5.73 Å². The molecule has 0 aromatic heterocycles. The molecule has 0 aliphatic carbocycles. The van der Waals surface area contributed by atoms with Crippen molar-refractivity contribution in [1.82, 2.24) is 4.90 Å². The fourth-order valence-electron chi connectivity index (χ4n) is 2.53. The summed E-state index contributed by atoms with van der Waals surface area (Å²) in [6.45, 7) is 3.15. The topological polar surface area (TPSA) is 89.5 Å². The van der Waals surface area contributed by atoms with Gasteiger partial charge < -0.3 is 10.6 Å². The summed E-state index contributed by atoms with van der Waals surface area (Å²) in [5.41, 5.74) is 6.15. The number of halogens is 1. The molecule has 2 N–H and O–H groups in total. The Morgan fingerprint density at radius 1 is 1.50 bits per heavy atom. The average molecular weight is 342 g/mol. The molecule has 1 amide bonds. The quantitative estimate of drug-likeness (QED) is 0.659. The fraction of sp³-hybridized carbons (Fsp3) is 0.462. The number of hydrogen-bond acceptors (Lipinski definition) is 4. The fourth-order valence-corrected chi connectivity index (χ4v) is 2.94. The van der Waals surface area contributed by atoms with Crippen LogP contribution in [0.5, 0.6) is 0 Å². The van der Waals surface area contributed by atoms with Crippen molar-refractivity contribution in [2.75, 3.05) is 13.1 Å². The van der Waals surface area contributed by atoms with Gasteiger partial charge in [0.05, 0.1) is 10.5 Å². The van der Waals surface area contributed by atoms with E-state index in [4.69, 9.17) is 5.73 Å². The van der Waals surface area contributed by atoms with E-state index in [0.29, 0.717) is 29.0 Å². The smallest absolute Gasteiger partial charge is 0.270 e. The molecule has 2 unspecified atom stereocenters. The van der Waals surface area contributed by atoms with Crippen molar-refractivity contribution < 1.29 is 9.72 Å². The van der Waals surface area contributed by atoms with E-state index in [1.54, 1.807) is 4.90 Å². The Bertz CT molecular complexity index is 540. The molecule has 0 spiro atoms. The van der Waals surface area contributed by atoms with Crippen LogP contribution in [0.2, 0.25) is 0 Å². The molecule has 0 radical (unpaired) electrons. The number of hydrogen-bond donors (Lipinski definition) is 1. The highest BCUT2D eigenvalue weighted by Gasteiger charge is 2.28. The standard InChI is InChI=1S/C13H16BrN3O3/c1-8-4-9(15)7-16(6-8)13(18)11-5-10(17(19)20)2-3-12(11)14/h2-3,5,8-9H,4,6-7,15H2,1H3. The van der Waals surface area contributed by atoms with Gasteiger partial charge in [0.15, 0.2) is 0 Å². The predicted octanol–water partition coefficient (Wildman–Crippen LogP) is 2.17. The Morgan fingerprint density at radius 3 is 2.80 bits per heavy atom. The van der Waals surface area contributed by atoms with Crippen LogP contribution in [0, 0.1) is 16.0 Å². The summed E-state index contributed by atoms with van der Waals surface area (Å²) >= 11 is 3.28. The van der Waals surface area contributed by atoms with Crippen molar-refractivity contribution in [3.63, 3.8) is 0 Å². The summed E-state index contributed by atoms with van der Waals surface area (Å²) in [6.07, 6.45) is 0.889. The van der Waals surface area contributed by atoms with Crippen LogP contribution in [0.15, 0.2) is 22.7 Å². The molecule has 2 atom stereocenters. The molecule has 1 heterocycles. The number of nitro benzene ring substituents is 1. The van der Waals surface area contributed by atoms with Crippen LogP contribution in [-0.2, 0) is 0 Å². The minimum absolute atomic E-state index is 0.0415. The van der Waals surface area contributed by atoms with Crippen LogP contribution in [0.1, 0.15) is 23.7 Å². The SMILES string of the molecule is CC1CC(N)CN(C(=O)c2cc([N+](=O)[O-])ccc2Br)C1. The maximum atomic E-state index is 12.5. The van der Waals surface area contributed by atoms with E-state index < -0.39 is 4.92 Å². The third kappa shape index (κ3) is 3.16. The minimum Gasteiger partial charge on any atom is -0.337 e. The van der Waals surface area contributed by atoms with Gasteiger partial charge in [0.25, 0.3) is 11.6 Å². The van der Waals surface area contributed by atoms with E-state index in [0.717, 1.165) is 6.42 Å². The summed E-state index contributed by atoms with van der Waals surface area (Å²) in [5, 5.41) is 10.8. The second-order valence-electron chi connectivity index (χ2n) is 5.23. The lowest BCUT2D eigenvalue weighted by Crippen LogP contribution is -2.48. The number of amides is 1. The summed E-state index contributed by atoms with van der Waals surface area (Å²) < 4.78 is 0.555. The van der Waals surface area contributed by atoms with E-state index in [1.807, 2.05) is 6.92 Å². The number of non-ortho nitro benzene ring substituents is 1. The molecule has 1 saturated heterocycles. The van der Waals surface area contributed by atoms with Crippen LogP contribution >= 0.6 is 15.9 Å². The maximum Gasteiger partial charge on any atom is 0.270 e. The van der Waals surface area contributed by atoms with Gasteiger partial charge >= 0.3 is 0 Å². The third-order valence-corrected chi connectivity index (χ3v) is 4.06. The van der Waals surface area contributed by atoms with Crippen molar-refractivity contribution in [3.8, 4) is 0 Å². The molecule has 2 rings (SSSR count). The normalized spacial score (nSPS) is 22.6. The Balaban J connectivity index is 2.28. The number of nitro groups is 1. The highest BCUT2D eigenvalue weighted by molar-refractivity contribution is 9.10.